The molecule has 1 aliphatic carbocycles. The van der Waals surface area contributed by atoms with Crippen LogP contribution in [-0.4, -0.2) is 47.7 Å². The number of hydrogen-bond acceptors (Lipinski definition) is 5. The van der Waals surface area contributed by atoms with Crippen LogP contribution in [0.15, 0.2) is 0 Å². The summed E-state index contributed by atoms with van der Waals surface area (Å²) in [5.41, 5.74) is -0.827. The molecular weight excluding hydrogens is 176 g/mol. The summed E-state index contributed by atoms with van der Waals surface area (Å²) < 4.78 is 23.2. The number of ether oxygens (including phenoxy) is 3. The quantitative estimate of drug-likeness (QED) is 0.545. The van der Waals surface area contributed by atoms with Crippen LogP contribution >= 0.6 is 0 Å². The Labute approximate surface area is 76.6 Å². The van der Waals surface area contributed by atoms with Gasteiger partial charge in [-0.3, -0.25) is 0 Å². The van der Waals surface area contributed by atoms with Gasteiger partial charge in [-0.15, -0.1) is 0 Å². The molecule has 0 aromatic carbocycles. The van der Waals surface area contributed by atoms with Crippen molar-refractivity contribution in [2.75, 3.05) is 20.0 Å². The molecule has 2 N–H and O–H groups in total. The molecule has 3 unspecified atom stereocenters. The highest BCUT2D eigenvalue weighted by Crippen LogP contribution is 2.57. The first kappa shape index (κ1) is 7.14. The molecule has 0 aromatic heterocycles. The second kappa shape index (κ2) is 2.24. The summed E-state index contributed by atoms with van der Waals surface area (Å²) in [5, 5.41) is 19.2. The molecule has 5 atom stereocenters. The van der Waals surface area contributed by atoms with Crippen molar-refractivity contribution in [3.63, 3.8) is 0 Å². The predicted molar refractivity (Wildman–Crippen MR) is 39.7 cm³/mol. The summed E-state index contributed by atoms with van der Waals surface area (Å²) in [4.78, 5) is 0. The SMILES string of the molecule is [3H][C@@H]1O[C@@]2(CO)CC3(O)OCOC1C32. The molecule has 13 heavy (non-hydrogen) atoms. The molecule has 5 nitrogen and oxygen atoms in total. The van der Waals surface area contributed by atoms with Gasteiger partial charge in [-0.25, -0.2) is 0 Å². The molecule has 0 radical (unpaired) electrons. The number of aliphatic hydroxyl groups excluding tert-OH is 1. The summed E-state index contributed by atoms with van der Waals surface area (Å²) in [6.07, 6.45) is -0.272. The van der Waals surface area contributed by atoms with E-state index < -0.39 is 30.0 Å². The molecule has 1 saturated carbocycles. The molecule has 0 spiro atoms. The second-order valence-corrected chi connectivity index (χ2v) is 3.87. The number of aliphatic hydroxyl groups is 2. The number of hydrogen-bond donors (Lipinski definition) is 2. The van der Waals surface area contributed by atoms with Gasteiger partial charge in [0.15, 0.2) is 12.6 Å². The molecule has 2 aliphatic heterocycles. The Bertz CT molecular complexity index is 274. The minimum absolute atomic E-state index is 0.0160. The third kappa shape index (κ3) is 0.793. The summed E-state index contributed by atoms with van der Waals surface area (Å²) in [6.45, 7) is -1.07. The van der Waals surface area contributed by atoms with Crippen LogP contribution in [0.1, 0.15) is 7.79 Å². The van der Waals surface area contributed by atoms with Gasteiger partial charge in [0.25, 0.3) is 0 Å². The fourth-order valence-corrected chi connectivity index (χ4v) is 2.56. The van der Waals surface area contributed by atoms with Crippen LogP contribution in [0.25, 0.3) is 0 Å². The van der Waals surface area contributed by atoms with E-state index in [-0.39, 0.29) is 19.8 Å². The first-order valence-electron chi connectivity index (χ1n) is 4.88. The van der Waals surface area contributed by atoms with Gasteiger partial charge in [0.05, 0.1) is 26.6 Å². The van der Waals surface area contributed by atoms with Crippen molar-refractivity contribution < 1.29 is 25.8 Å². The van der Waals surface area contributed by atoms with Crippen LogP contribution in [-0.2, 0) is 14.2 Å². The predicted octanol–water partition coefficient (Wildman–Crippen LogP) is -1.17. The zero-order valence-electron chi connectivity index (χ0n) is 7.97. The summed E-state index contributed by atoms with van der Waals surface area (Å²) in [7, 11) is 0. The minimum Gasteiger partial charge on any atom is -0.393 e. The van der Waals surface area contributed by atoms with Crippen molar-refractivity contribution in [3.8, 4) is 0 Å². The molecule has 74 valence electrons. The van der Waals surface area contributed by atoms with Gasteiger partial charge in [-0.1, -0.05) is 0 Å². The Kier molecular flexibility index (Phi) is 1.23. The molecule has 3 rings (SSSR count). The molecule has 3 aliphatic rings. The van der Waals surface area contributed by atoms with E-state index in [0.29, 0.717) is 0 Å². The normalized spacial score (nSPS) is 65.4. The molecule has 2 heterocycles. The molecular formula is C8H12O5. The van der Waals surface area contributed by atoms with E-state index in [4.69, 9.17) is 15.6 Å². The van der Waals surface area contributed by atoms with Gasteiger partial charge in [0.2, 0.25) is 0 Å². The standard InChI is InChI=1S/C8H12O5/c9-3-7-2-8(10)6(7)5(1-12-7)11-4-13-8/h5-6,9-10H,1-4H2/t5?,6?,7-,8?/m1/s1/i1T/t1-,5?,6?,7+,8?/m0. The maximum atomic E-state index is 9.95. The van der Waals surface area contributed by atoms with E-state index in [1.165, 1.54) is 0 Å². The maximum Gasteiger partial charge on any atom is 0.179 e. The van der Waals surface area contributed by atoms with Crippen molar-refractivity contribution in [2.45, 2.75) is 23.9 Å². The average molecular weight is 190 g/mol. The largest absolute Gasteiger partial charge is 0.393 e. The lowest BCUT2D eigenvalue weighted by Crippen LogP contribution is -2.71. The van der Waals surface area contributed by atoms with E-state index >= 15 is 0 Å². The van der Waals surface area contributed by atoms with Gasteiger partial charge in [-0.2, -0.15) is 0 Å². The maximum absolute atomic E-state index is 9.95. The van der Waals surface area contributed by atoms with Crippen LogP contribution in [0.5, 0.6) is 0 Å². The lowest BCUT2D eigenvalue weighted by atomic mass is 9.63. The van der Waals surface area contributed by atoms with E-state index in [1.807, 2.05) is 0 Å². The fourth-order valence-electron chi connectivity index (χ4n) is 2.56. The lowest BCUT2D eigenvalue weighted by Gasteiger charge is -2.56. The Hall–Kier alpha value is -0.200. The van der Waals surface area contributed by atoms with Crippen LogP contribution in [0.3, 0.4) is 0 Å². The van der Waals surface area contributed by atoms with E-state index in [1.54, 1.807) is 0 Å². The van der Waals surface area contributed by atoms with E-state index in [9.17, 15) is 10.2 Å². The highest BCUT2D eigenvalue weighted by Gasteiger charge is 2.72. The van der Waals surface area contributed by atoms with Gasteiger partial charge in [-0.05, 0) is 0 Å². The monoisotopic (exact) mass is 190 g/mol. The van der Waals surface area contributed by atoms with Gasteiger partial charge < -0.3 is 24.4 Å². The third-order valence-corrected chi connectivity index (χ3v) is 3.21. The zero-order chi connectivity index (χ0) is 9.97. The smallest absolute Gasteiger partial charge is 0.179 e. The average Bonchev–Trinajstić information content (AvgIpc) is 2.39. The Morgan fingerprint density at radius 3 is 3.15 bits per heavy atom. The second-order valence-electron chi connectivity index (χ2n) is 3.87. The van der Waals surface area contributed by atoms with Crippen LogP contribution < -0.4 is 0 Å². The lowest BCUT2D eigenvalue weighted by molar-refractivity contribution is -0.403. The summed E-state index contributed by atoms with van der Waals surface area (Å²) in [6, 6.07) is 0. The summed E-state index contributed by atoms with van der Waals surface area (Å²) >= 11 is 0. The van der Waals surface area contributed by atoms with Crippen molar-refractivity contribution in [1.82, 2.24) is 0 Å². The molecule has 0 bridgehead atoms. The molecule has 2 saturated heterocycles. The fraction of sp³-hybridized carbons (Fsp3) is 1.00. The Morgan fingerprint density at radius 1 is 1.54 bits per heavy atom. The zero-order valence-corrected chi connectivity index (χ0v) is 6.97. The molecule has 5 heteroatoms. The van der Waals surface area contributed by atoms with Crippen molar-refractivity contribution >= 4 is 0 Å². The van der Waals surface area contributed by atoms with Crippen molar-refractivity contribution in [2.24, 2.45) is 5.92 Å². The molecule has 0 amide bonds. The highest BCUT2D eigenvalue weighted by atomic mass is 16.8. The Balaban J connectivity index is 1.96. The molecule has 0 aromatic rings. The number of rotatable bonds is 1. The van der Waals surface area contributed by atoms with E-state index in [0.717, 1.165) is 0 Å². The van der Waals surface area contributed by atoms with Gasteiger partial charge in [0.1, 0.15) is 5.60 Å². The van der Waals surface area contributed by atoms with Gasteiger partial charge in [0, 0.05) is 6.42 Å². The van der Waals surface area contributed by atoms with Crippen LogP contribution in [0.2, 0.25) is 0 Å². The van der Waals surface area contributed by atoms with Crippen LogP contribution in [0.4, 0.5) is 0 Å². The minimum atomic E-state index is -1.26. The third-order valence-electron chi connectivity index (χ3n) is 3.21. The molecule has 3 fully saturated rings. The van der Waals surface area contributed by atoms with Crippen molar-refractivity contribution in [1.29, 1.82) is 0 Å². The van der Waals surface area contributed by atoms with E-state index in [2.05, 4.69) is 0 Å². The Morgan fingerprint density at radius 2 is 2.38 bits per heavy atom. The van der Waals surface area contributed by atoms with Gasteiger partial charge >= 0.3 is 0 Å². The first-order valence-corrected chi connectivity index (χ1v) is 4.30. The summed E-state index contributed by atoms with van der Waals surface area (Å²) in [5.74, 6) is -1.70. The van der Waals surface area contributed by atoms with Crippen molar-refractivity contribution in [3.05, 3.63) is 0 Å². The van der Waals surface area contributed by atoms with Crippen LogP contribution in [0, 0.1) is 5.92 Å². The highest BCUT2D eigenvalue weighted by molar-refractivity contribution is 5.16. The topological polar surface area (TPSA) is 68.2 Å². The first-order chi connectivity index (χ1) is 6.61.